The lowest BCUT2D eigenvalue weighted by Crippen LogP contribution is -2.44. The van der Waals surface area contributed by atoms with Crippen LogP contribution in [0.25, 0.3) is 10.9 Å². The van der Waals surface area contributed by atoms with Crippen LogP contribution in [0.15, 0.2) is 30.5 Å². The van der Waals surface area contributed by atoms with Crippen LogP contribution in [0, 0.1) is 0 Å². The zero-order valence-electron chi connectivity index (χ0n) is 17.4. The minimum atomic E-state index is -4.26. The number of benzene rings is 1. The van der Waals surface area contributed by atoms with Crippen LogP contribution >= 0.6 is 0 Å². The van der Waals surface area contributed by atoms with E-state index in [0.717, 1.165) is 45.4 Å². The molecule has 1 amide bonds. The van der Waals surface area contributed by atoms with Gasteiger partial charge in [-0.25, -0.2) is 0 Å². The molecule has 2 fully saturated rings. The third kappa shape index (κ3) is 5.71. The average molecular weight is 439 g/mol. The van der Waals surface area contributed by atoms with Crippen molar-refractivity contribution < 1.29 is 27.4 Å². The number of likely N-dealkylation sites (tertiary alicyclic amines) is 1. The van der Waals surface area contributed by atoms with Gasteiger partial charge >= 0.3 is 6.18 Å². The van der Waals surface area contributed by atoms with E-state index in [1.165, 1.54) is 10.8 Å². The number of carbonyl (C=O) groups is 1. The Bertz CT molecular complexity index is 891. The molecule has 2 saturated heterocycles. The van der Waals surface area contributed by atoms with Gasteiger partial charge in [-0.2, -0.15) is 13.2 Å². The van der Waals surface area contributed by atoms with Crippen molar-refractivity contribution in [2.75, 3.05) is 45.9 Å². The first-order valence-electron chi connectivity index (χ1n) is 10.8. The summed E-state index contributed by atoms with van der Waals surface area (Å²) in [5.74, 6) is 0.688. The molecule has 3 heterocycles. The molecule has 1 aromatic heterocycles. The highest BCUT2D eigenvalue weighted by molar-refractivity contribution is 5.86. The molecule has 0 unspecified atom stereocenters. The van der Waals surface area contributed by atoms with E-state index in [4.69, 9.17) is 9.47 Å². The van der Waals surface area contributed by atoms with Gasteiger partial charge in [0.05, 0.1) is 5.52 Å². The van der Waals surface area contributed by atoms with Crippen molar-refractivity contribution in [3.8, 4) is 5.75 Å². The number of halogens is 3. The number of alkyl halides is 3. The minimum Gasteiger partial charge on any atom is -0.490 e. The van der Waals surface area contributed by atoms with Crippen LogP contribution in [-0.4, -0.2) is 78.5 Å². The van der Waals surface area contributed by atoms with Gasteiger partial charge in [0.1, 0.15) is 25.0 Å². The lowest BCUT2D eigenvalue weighted by atomic mass is 10.1. The molecule has 9 heteroatoms. The van der Waals surface area contributed by atoms with E-state index in [-0.39, 0.29) is 18.6 Å². The number of ether oxygens (including phenoxy) is 2. The van der Waals surface area contributed by atoms with Crippen molar-refractivity contribution >= 4 is 16.8 Å². The molecule has 1 aromatic carbocycles. The van der Waals surface area contributed by atoms with Crippen molar-refractivity contribution in [3.05, 3.63) is 30.5 Å². The normalized spacial score (nSPS) is 19.7. The topological polar surface area (TPSA) is 46.9 Å². The number of fused-ring (bicyclic) bond motifs is 1. The number of nitrogens with zero attached hydrogens (tertiary/aromatic N) is 3. The lowest BCUT2D eigenvalue weighted by molar-refractivity contribution is -0.140. The van der Waals surface area contributed by atoms with E-state index >= 15 is 0 Å². The summed E-state index contributed by atoms with van der Waals surface area (Å²) < 4.78 is 51.1. The molecule has 4 rings (SSSR count). The van der Waals surface area contributed by atoms with Crippen molar-refractivity contribution in [1.29, 1.82) is 0 Å². The van der Waals surface area contributed by atoms with Gasteiger partial charge in [0.25, 0.3) is 0 Å². The smallest absolute Gasteiger partial charge is 0.406 e. The molecule has 0 spiro atoms. The van der Waals surface area contributed by atoms with Gasteiger partial charge in [-0.05, 0) is 37.5 Å². The van der Waals surface area contributed by atoms with Crippen LogP contribution in [0.5, 0.6) is 5.75 Å². The molecule has 0 saturated carbocycles. The third-order valence-electron chi connectivity index (χ3n) is 5.93. The number of hydrogen-bond donors (Lipinski definition) is 0. The fraction of sp³-hybridized carbons (Fsp3) is 0.591. The molecule has 0 aliphatic carbocycles. The van der Waals surface area contributed by atoms with E-state index in [1.807, 2.05) is 11.0 Å². The molecule has 0 N–H and O–H groups in total. The summed E-state index contributed by atoms with van der Waals surface area (Å²) >= 11 is 0. The summed E-state index contributed by atoms with van der Waals surface area (Å²) in [5, 5.41) is 0.705. The molecular weight excluding hydrogens is 411 g/mol. The number of amides is 1. The van der Waals surface area contributed by atoms with Crippen LogP contribution in [0.3, 0.4) is 0 Å². The zero-order valence-corrected chi connectivity index (χ0v) is 17.4. The Kier molecular flexibility index (Phi) is 6.71. The highest BCUT2D eigenvalue weighted by atomic mass is 19.4. The van der Waals surface area contributed by atoms with E-state index < -0.39 is 12.7 Å². The van der Waals surface area contributed by atoms with Crippen LogP contribution in [0.4, 0.5) is 13.2 Å². The Balaban J connectivity index is 1.30. The summed E-state index contributed by atoms with van der Waals surface area (Å²) in [6.45, 7) is 3.82. The fourth-order valence-electron chi connectivity index (χ4n) is 4.29. The first kappa shape index (κ1) is 22.0. The predicted octanol–water partition coefficient (Wildman–Crippen LogP) is 3.30. The number of hydrogen-bond acceptors (Lipinski definition) is 4. The molecular formula is C22H28F3N3O3. The van der Waals surface area contributed by atoms with Gasteiger partial charge in [0.2, 0.25) is 5.91 Å². The van der Waals surface area contributed by atoms with Gasteiger partial charge in [0.15, 0.2) is 0 Å². The Morgan fingerprint density at radius 1 is 1.10 bits per heavy atom. The second kappa shape index (κ2) is 9.48. The highest BCUT2D eigenvalue weighted by Crippen LogP contribution is 2.31. The molecule has 170 valence electrons. The summed E-state index contributed by atoms with van der Waals surface area (Å²) in [5.41, 5.74) is 0.526. The summed E-state index contributed by atoms with van der Waals surface area (Å²) in [6, 6.07) is 6.93. The highest BCUT2D eigenvalue weighted by Gasteiger charge is 2.29. The lowest BCUT2D eigenvalue weighted by Gasteiger charge is -2.33. The van der Waals surface area contributed by atoms with Crippen LogP contribution in [0.1, 0.15) is 19.3 Å². The minimum absolute atomic E-state index is 0.0287. The summed E-state index contributed by atoms with van der Waals surface area (Å²) in [7, 11) is 0. The van der Waals surface area contributed by atoms with Gasteiger partial charge in [0, 0.05) is 50.9 Å². The van der Waals surface area contributed by atoms with Crippen molar-refractivity contribution in [1.82, 2.24) is 14.4 Å². The zero-order chi connectivity index (χ0) is 21.8. The molecule has 0 bridgehead atoms. The Labute approximate surface area is 179 Å². The van der Waals surface area contributed by atoms with E-state index in [1.54, 1.807) is 18.2 Å². The maximum Gasteiger partial charge on any atom is 0.406 e. The van der Waals surface area contributed by atoms with E-state index in [0.29, 0.717) is 29.8 Å². The third-order valence-corrected chi connectivity index (χ3v) is 5.93. The standard InChI is InChI=1S/C22H28F3N3O3/c23-22(24,25)16-28-11-7-18-19(28)3-1-4-20(18)31-17-5-9-26(10-6-17)12-13-27-8-2-14-30-15-21(27)29/h1,3-4,7,11,17H,2,5-6,8-10,12-16H2. The quantitative estimate of drug-likeness (QED) is 0.693. The van der Waals surface area contributed by atoms with Gasteiger partial charge < -0.3 is 23.8 Å². The maximum absolute atomic E-state index is 12.8. The molecule has 2 aliphatic heterocycles. The molecule has 2 aromatic rings. The Hall–Kier alpha value is -2.26. The first-order chi connectivity index (χ1) is 14.9. The number of piperidine rings is 1. The second-order valence-electron chi connectivity index (χ2n) is 8.19. The van der Waals surface area contributed by atoms with Crippen molar-refractivity contribution in [3.63, 3.8) is 0 Å². The maximum atomic E-state index is 12.8. The predicted molar refractivity (Wildman–Crippen MR) is 110 cm³/mol. The summed E-state index contributed by atoms with van der Waals surface area (Å²) in [6.07, 6.45) is -0.213. The molecule has 2 aliphatic rings. The first-order valence-corrected chi connectivity index (χ1v) is 10.8. The Morgan fingerprint density at radius 3 is 2.68 bits per heavy atom. The van der Waals surface area contributed by atoms with Crippen LogP contribution in [-0.2, 0) is 16.1 Å². The van der Waals surface area contributed by atoms with Crippen LogP contribution in [0.2, 0.25) is 0 Å². The largest absolute Gasteiger partial charge is 0.490 e. The van der Waals surface area contributed by atoms with E-state index in [9.17, 15) is 18.0 Å². The van der Waals surface area contributed by atoms with E-state index in [2.05, 4.69) is 4.90 Å². The number of rotatable bonds is 6. The second-order valence-corrected chi connectivity index (χ2v) is 8.19. The Morgan fingerprint density at radius 2 is 1.90 bits per heavy atom. The average Bonchev–Trinajstić information content (AvgIpc) is 3.01. The molecule has 31 heavy (non-hydrogen) atoms. The molecule has 6 nitrogen and oxygen atoms in total. The number of carbonyl (C=O) groups excluding carboxylic acids is 1. The van der Waals surface area contributed by atoms with Gasteiger partial charge in [-0.1, -0.05) is 6.07 Å². The van der Waals surface area contributed by atoms with Crippen molar-refractivity contribution in [2.24, 2.45) is 0 Å². The molecule has 0 atom stereocenters. The van der Waals surface area contributed by atoms with Crippen LogP contribution < -0.4 is 4.74 Å². The summed E-state index contributed by atoms with van der Waals surface area (Å²) in [4.78, 5) is 16.2. The SMILES string of the molecule is O=C1COCCCN1CCN1CCC(Oc2cccc3c2ccn3CC(F)(F)F)CC1. The monoisotopic (exact) mass is 439 g/mol. The van der Waals surface area contributed by atoms with Gasteiger partial charge in [-0.3, -0.25) is 4.79 Å². The fourth-order valence-corrected chi connectivity index (χ4v) is 4.29. The molecule has 0 radical (unpaired) electrons. The number of aromatic nitrogens is 1. The van der Waals surface area contributed by atoms with Crippen molar-refractivity contribution in [2.45, 2.75) is 38.1 Å². The van der Waals surface area contributed by atoms with Gasteiger partial charge in [-0.15, -0.1) is 0 Å².